The quantitative estimate of drug-likeness (QED) is 0.659. The summed E-state index contributed by atoms with van der Waals surface area (Å²) in [5.41, 5.74) is 1.02. The largest absolute Gasteiger partial charge is 0.493 e. The second-order valence-electron chi connectivity index (χ2n) is 6.80. The van der Waals surface area contributed by atoms with E-state index in [9.17, 15) is 9.59 Å². The SMILES string of the molecule is COc1ccccc1OCCCN1C(=O)CN(Cc2ccccc2)C(=O)[C@@H]1C. The lowest BCUT2D eigenvalue weighted by atomic mass is 10.1. The van der Waals surface area contributed by atoms with E-state index in [-0.39, 0.29) is 18.4 Å². The van der Waals surface area contributed by atoms with Gasteiger partial charge in [0.15, 0.2) is 11.5 Å². The molecule has 2 aromatic carbocycles. The highest BCUT2D eigenvalue weighted by atomic mass is 16.5. The highest BCUT2D eigenvalue weighted by Crippen LogP contribution is 2.26. The van der Waals surface area contributed by atoms with Crippen molar-refractivity contribution in [2.45, 2.75) is 25.9 Å². The molecule has 3 rings (SSSR count). The van der Waals surface area contributed by atoms with Crippen molar-refractivity contribution in [2.75, 3.05) is 26.8 Å². The molecular formula is C22H26N2O4. The molecule has 148 valence electrons. The first-order valence-corrected chi connectivity index (χ1v) is 9.48. The number of para-hydroxylation sites is 2. The van der Waals surface area contributed by atoms with E-state index in [4.69, 9.17) is 9.47 Å². The lowest BCUT2D eigenvalue weighted by Crippen LogP contribution is -2.58. The Bertz CT molecular complexity index is 809. The molecule has 0 unspecified atom stereocenters. The Labute approximate surface area is 165 Å². The summed E-state index contributed by atoms with van der Waals surface area (Å²) in [6.45, 7) is 3.29. The maximum Gasteiger partial charge on any atom is 0.245 e. The third kappa shape index (κ3) is 4.63. The van der Waals surface area contributed by atoms with Gasteiger partial charge in [-0.25, -0.2) is 0 Å². The van der Waals surface area contributed by atoms with Gasteiger partial charge >= 0.3 is 0 Å². The molecule has 1 fully saturated rings. The van der Waals surface area contributed by atoms with Crippen molar-refractivity contribution in [1.29, 1.82) is 0 Å². The Morgan fingerprint density at radius 2 is 1.68 bits per heavy atom. The minimum absolute atomic E-state index is 0.0194. The van der Waals surface area contributed by atoms with Crippen LogP contribution in [0, 0.1) is 0 Å². The second-order valence-corrected chi connectivity index (χ2v) is 6.80. The van der Waals surface area contributed by atoms with Crippen LogP contribution in [0.5, 0.6) is 11.5 Å². The molecule has 2 aromatic rings. The molecule has 1 heterocycles. The average Bonchev–Trinajstić information content (AvgIpc) is 2.72. The van der Waals surface area contributed by atoms with Crippen molar-refractivity contribution in [3.63, 3.8) is 0 Å². The molecule has 0 bridgehead atoms. The van der Waals surface area contributed by atoms with E-state index in [1.165, 1.54) is 0 Å². The molecular weight excluding hydrogens is 356 g/mol. The van der Waals surface area contributed by atoms with Gasteiger partial charge < -0.3 is 19.3 Å². The summed E-state index contributed by atoms with van der Waals surface area (Å²) in [5, 5.41) is 0. The summed E-state index contributed by atoms with van der Waals surface area (Å²) >= 11 is 0. The lowest BCUT2D eigenvalue weighted by Gasteiger charge is -2.38. The molecule has 1 aliphatic heterocycles. The number of benzene rings is 2. The fourth-order valence-corrected chi connectivity index (χ4v) is 3.36. The number of nitrogens with zero attached hydrogens (tertiary/aromatic N) is 2. The van der Waals surface area contributed by atoms with Crippen LogP contribution in [-0.4, -0.2) is 54.5 Å². The summed E-state index contributed by atoms with van der Waals surface area (Å²) in [5.74, 6) is 1.30. The molecule has 0 aliphatic carbocycles. The number of rotatable bonds is 8. The Kier molecular flexibility index (Phi) is 6.53. The first-order valence-electron chi connectivity index (χ1n) is 9.48. The molecule has 0 N–H and O–H groups in total. The van der Waals surface area contributed by atoms with Gasteiger partial charge in [0, 0.05) is 13.1 Å². The smallest absolute Gasteiger partial charge is 0.245 e. The topological polar surface area (TPSA) is 59.1 Å². The molecule has 0 radical (unpaired) electrons. The highest BCUT2D eigenvalue weighted by Gasteiger charge is 2.35. The number of hydrogen-bond donors (Lipinski definition) is 0. The molecule has 1 saturated heterocycles. The Hall–Kier alpha value is -3.02. The number of amides is 2. The van der Waals surface area contributed by atoms with E-state index in [1.807, 2.05) is 54.6 Å². The summed E-state index contributed by atoms with van der Waals surface area (Å²) in [6, 6.07) is 16.7. The van der Waals surface area contributed by atoms with E-state index >= 15 is 0 Å². The maximum atomic E-state index is 12.7. The molecule has 6 heteroatoms. The first-order chi connectivity index (χ1) is 13.6. The fourth-order valence-electron chi connectivity index (χ4n) is 3.36. The molecule has 0 saturated carbocycles. The molecule has 1 atom stereocenters. The van der Waals surface area contributed by atoms with Gasteiger partial charge in [-0.1, -0.05) is 42.5 Å². The van der Waals surface area contributed by atoms with Gasteiger partial charge in [-0.15, -0.1) is 0 Å². The molecule has 28 heavy (non-hydrogen) atoms. The monoisotopic (exact) mass is 382 g/mol. The number of ether oxygens (including phenoxy) is 2. The normalized spacial score (nSPS) is 17.0. The molecule has 0 spiro atoms. The van der Waals surface area contributed by atoms with Crippen LogP contribution in [0.15, 0.2) is 54.6 Å². The van der Waals surface area contributed by atoms with Crippen LogP contribution in [-0.2, 0) is 16.1 Å². The number of piperazine rings is 1. The summed E-state index contributed by atoms with van der Waals surface area (Å²) in [7, 11) is 1.60. The van der Waals surface area contributed by atoms with Gasteiger partial charge in [0.1, 0.15) is 12.6 Å². The van der Waals surface area contributed by atoms with Crippen LogP contribution in [0.25, 0.3) is 0 Å². The van der Waals surface area contributed by atoms with Crippen LogP contribution >= 0.6 is 0 Å². The molecule has 0 aromatic heterocycles. The van der Waals surface area contributed by atoms with Crippen molar-refractivity contribution in [3.05, 3.63) is 60.2 Å². The minimum atomic E-state index is -0.462. The third-order valence-corrected chi connectivity index (χ3v) is 4.87. The van der Waals surface area contributed by atoms with Crippen LogP contribution in [0.3, 0.4) is 0 Å². The van der Waals surface area contributed by atoms with Crippen LogP contribution < -0.4 is 9.47 Å². The zero-order chi connectivity index (χ0) is 19.9. The predicted molar refractivity (Wildman–Crippen MR) is 106 cm³/mol. The Morgan fingerprint density at radius 3 is 2.39 bits per heavy atom. The molecule has 2 amide bonds. The maximum absolute atomic E-state index is 12.7. The zero-order valence-corrected chi connectivity index (χ0v) is 16.3. The van der Waals surface area contributed by atoms with Crippen LogP contribution in [0.2, 0.25) is 0 Å². The van der Waals surface area contributed by atoms with Crippen molar-refractivity contribution < 1.29 is 19.1 Å². The fraction of sp³-hybridized carbons (Fsp3) is 0.364. The summed E-state index contributed by atoms with van der Waals surface area (Å²) in [4.78, 5) is 28.6. The van der Waals surface area contributed by atoms with E-state index in [1.54, 1.807) is 23.8 Å². The first kappa shape index (κ1) is 19.7. The highest BCUT2D eigenvalue weighted by molar-refractivity contribution is 5.94. The van der Waals surface area contributed by atoms with Gasteiger partial charge in [0.2, 0.25) is 11.8 Å². The minimum Gasteiger partial charge on any atom is -0.493 e. The number of carbonyl (C=O) groups excluding carboxylic acids is 2. The standard InChI is InChI=1S/C22H26N2O4/c1-17-22(26)23(15-18-9-4-3-5-10-18)16-21(25)24(17)13-8-14-28-20-12-7-6-11-19(20)27-2/h3-7,9-12,17H,8,13-16H2,1-2H3/t17-/m0/s1. The van der Waals surface area contributed by atoms with Crippen molar-refractivity contribution in [1.82, 2.24) is 9.80 Å². The van der Waals surface area contributed by atoms with Gasteiger partial charge in [-0.3, -0.25) is 9.59 Å². The predicted octanol–water partition coefficient (Wildman–Crippen LogP) is 2.72. The molecule has 6 nitrogen and oxygen atoms in total. The van der Waals surface area contributed by atoms with Crippen LogP contribution in [0.1, 0.15) is 18.9 Å². The van der Waals surface area contributed by atoms with E-state index in [0.29, 0.717) is 37.6 Å². The van der Waals surface area contributed by atoms with Crippen molar-refractivity contribution in [2.24, 2.45) is 0 Å². The molecule has 1 aliphatic rings. The van der Waals surface area contributed by atoms with Crippen molar-refractivity contribution in [3.8, 4) is 11.5 Å². The van der Waals surface area contributed by atoms with Crippen LogP contribution in [0.4, 0.5) is 0 Å². The van der Waals surface area contributed by atoms with Gasteiger partial charge in [-0.2, -0.15) is 0 Å². The van der Waals surface area contributed by atoms with E-state index in [2.05, 4.69) is 0 Å². The van der Waals surface area contributed by atoms with Crippen molar-refractivity contribution >= 4 is 11.8 Å². The number of hydrogen-bond acceptors (Lipinski definition) is 4. The average molecular weight is 382 g/mol. The second kappa shape index (κ2) is 9.26. The van der Waals surface area contributed by atoms with Gasteiger partial charge in [0.05, 0.1) is 13.7 Å². The third-order valence-electron chi connectivity index (χ3n) is 4.87. The zero-order valence-electron chi connectivity index (χ0n) is 16.3. The Morgan fingerprint density at radius 1 is 1.00 bits per heavy atom. The summed E-state index contributed by atoms with van der Waals surface area (Å²) < 4.78 is 11.0. The van der Waals surface area contributed by atoms with E-state index in [0.717, 1.165) is 5.56 Å². The number of carbonyl (C=O) groups is 2. The lowest BCUT2D eigenvalue weighted by molar-refractivity contribution is -0.155. The summed E-state index contributed by atoms with van der Waals surface area (Å²) in [6.07, 6.45) is 0.639. The van der Waals surface area contributed by atoms with Gasteiger partial charge in [0.25, 0.3) is 0 Å². The van der Waals surface area contributed by atoms with Gasteiger partial charge in [-0.05, 0) is 31.0 Å². The number of methoxy groups -OCH3 is 1. The van der Waals surface area contributed by atoms with E-state index < -0.39 is 6.04 Å². The Balaban J connectivity index is 1.51.